The van der Waals surface area contributed by atoms with Gasteiger partial charge in [-0.1, -0.05) is 53.6 Å². The summed E-state index contributed by atoms with van der Waals surface area (Å²) in [5.74, 6) is -0.151. The molecule has 1 unspecified atom stereocenters. The highest BCUT2D eigenvalue weighted by Gasteiger charge is 2.30. The molecule has 0 saturated carbocycles. The van der Waals surface area contributed by atoms with E-state index in [2.05, 4.69) is 5.32 Å². The van der Waals surface area contributed by atoms with E-state index >= 15 is 0 Å². The van der Waals surface area contributed by atoms with Crippen LogP contribution < -0.4 is 10.1 Å². The lowest BCUT2D eigenvalue weighted by molar-refractivity contribution is -0.137. The SMILES string of the molecule is Cc1ccc2c(c1)c(CC(=O)NCCC(Oc1ccc(C(F)(F)F)cc1)c1ccccc1)c(C)n2C(=O)c1ccc(Cl)cc1. The third-order valence-electron chi connectivity index (χ3n) is 7.48. The molecule has 1 heterocycles. The van der Waals surface area contributed by atoms with Crippen LogP contribution in [0.15, 0.2) is 97.1 Å². The van der Waals surface area contributed by atoms with Crippen molar-refractivity contribution < 1.29 is 27.5 Å². The summed E-state index contributed by atoms with van der Waals surface area (Å²) < 4.78 is 46.7. The zero-order valence-electron chi connectivity index (χ0n) is 24.1. The standard InChI is InChI=1S/C35H30ClF3N2O3/c1-22-8-17-31-30(20-22)29(23(2)41(31)34(43)25-9-13-27(36)14-10-25)21-33(42)40-19-18-32(24-6-4-3-5-7-24)44-28-15-11-26(12-16-28)35(37,38)39/h3-17,20,32H,18-19,21H2,1-2H3,(H,40,42). The number of nitrogens with one attached hydrogen (secondary N) is 1. The molecule has 1 N–H and O–H groups in total. The average Bonchev–Trinajstić information content (AvgIpc) is 3.26. The van der Waals surface area contributed by atoms with Gasteiger partial charge in [0.1, 0.15) is 11.9 Å². The first-order valence-electron chi connectivity index (χ1n) is 14.1. The van der Waals surface area contributed by atoms with E-state index in [1.54, 1.807) is 28.8 Å². The lowest BCUT2D eigenvalue weighted by atomic mass is 10.0. The number of aromatic nitrogens is 1. The van der Waals surface area contributed by atoms with Crippen molar-refractivity contribution in [2.75, 3.05) is 6.54 Å². The number of hydrogen-bond donors (Lipinski definition) is 1. The number of alkyl halides is 3. The Hall–Kier alpha value is -4.56. The van der Waals surface area contributed by atoms with Gasteiger partial charge in [-0.05, 0) is 85.6 Å². The van der Waals surface area contributed by atoms with Crippen molar-refractivity contribution in [2.45, 2.75) is 39.0 Å². The summed E-state index contributed by atoms with van der Waals surface area (Å²) in [6, 6.07) is 26.3. The Bertz CT molecular complexity index is 1780. The monoisotopic (exact) mass is 618 g/mol. The first kappa shape index (κ1) is 30.9. The van der Waals surface area contributed by atoms with Crippen molar-refractivity contribution >= 4 is 34.3 Å². The van der Waals surface area contributed by atoms with Crippen molar-refractivity contribution in [1.82, 2.24) is 9.88 Å². The van der Waals surface area contributed by atoms with Gasteiger partial charge in [0.2, 0.25) is 5.91 Å². The Balaban J connectivity index is 1.31. The second-order valence-electron chi connectivity index (χ2n) is 10.6. The molecule has 0 radical (unpaired) electrons. The topological polar surface area (TPSA) is 60.3 Å². The molecule has 44 heavy (non-hydrogen) atoms. The van der Waals surface area contributed by atoms with Gasteiger partial charge in [0.25, 0.3) is 5.91 Å². The lowest BCUT2D eigenvalue weighted by Gasteiger charge is -2.20. The summed E-state index contributed by atoms with van der Waals surface area (Å²) in [5.41, 5.74) is 3.70. The molecule has 0 aliphatic rings. The maximum Gasteiger partial charge on any atom is 0.416 e. The summed E-state index contributed by atoms with van der Waals surface area (Å²) in [4.78, 5) is 26.7. The molecule has 5 rings (SSSR count). The van der Waals surface area contributed by atoms with Crippen LogP contribution in [0.2, 0.25) is 5.02 Å². The van der Waals surface area contributed by atoms with E-state index in [0.717, 1.165) is 34.2 Å². The van der Waals surface area contributed by atoms with Gasteiger partial charge in [-0.25, -0.2) is 0 Å². The molecule has 1 amide bonds. The van der Waals surface area contributed by atoms with E-state index < -0.39 is 17.8 Å². The van der Waals surface area contributed by atoms with Gasteiger partial charge in [-0.2, -0.15) is 13.2 Å². The average molecular weight is 619 g/mol. The van der Waals surface area contributed by atoms with E-state index in [9.17, 15) is 22.8 Å². The summed E-state index contributed by atoms with van der Waals surface area (Å²) in [5, 5.41) is 4.31. The van der Waals surface area contributed by atoms with E-state index in [4.69, 9.17) is 16.3 Å². The molecule has 0 fully saturated rings. The predicted octanol–water partition coefficient (Wildman–Crippen LogP) is 8.49. The number of carbonyl (C=O) groups excluding carboxylic acids is 2. The van der Waals surface area contributed by atoms with Crippen LogP contribution in [0.4, 0.5) is 13.2 Å². The molecule has 0 bridgehead atoms. The van der Waals surface area contributed by atoms with E-state index in [-0.39, 0.29) is 24.8 Å². The Labute approximate surface area is 258 Å². The number of amides is 1. The Morgan fingerprint density at radius 1 is 0.909 bits per heavy atom. The van der Waals surface area contributed by atoms with Gasteiger partial charge < -0.3 is 10.1 Å². The number of benzene rings is 4. The molecule has 0 spiro atoms. The van der Waals surface area contributed by atoms with E-state index in [1.165, 1.54) is 12.1 Å². The Kier molecular flexibility index (Phi) is 9.11. The smallest absolute Gasteiger partial charge is 0.416 e. The van der Waals surface area contributed by atoms with Crippen molar-refractivity contribution in [3.8, 4) is 5.75 Å². The van der Waals surface area contributed by atoms with Crippen molar-refractivity contribution in [3.63, 3.8) is 0 Å². The zero-order valence-corrected chi connectivity index (χ0v) is 24.9. The molecule has 0 aliphatic heterocycles. The molecule has 1 atom stereocenters. The summed E-state index contributed by atoms with van der Waals surface area (Å²) in [7, 11) is 0. The quantitative estimate of drug-likeness (QED) is 0.180. The predicted molar refractivity (Wildman–Crippen MR) is 165 cm³/mol. The van der Waals surface area contributed by atoms with Crippen LogP contribution in [0.1, 0.15) is 50.8 Å². The highest BCUT2D eigenvalue weighted by molar-refractivity contribution is 6.30. The van der Waals surface area contributed by atoms with Crippen LogP contribution in [0.25, 0.3) is 10.9 Å². The van der Waals surface area contributed by atoms with Crippen molar-refractivity contribution in [3.05, 3.63) is 136 Å². The van der Waals surface area contributed by atoms with Crippen LogP contribution in [0.5, 0.6) is 5.75 Å². The number of rotatable bonds is 9. The fraction of sp³-hybridized carbons (Fsp3) is 0.200. The van der Waals surface area contributed by atoms with E-state index in [0.29, 0.717) is 34.0 Å². The number of aryl methyl sites for hydroxylation is 1. The maximum absolute atomic E-state index is 13.5. The van der Waals surface area contributed by atoms with Gasteiger partial charge in [-0.3, -0.25) is 14.2 Å². The van der Waals surface area contributed by atoms with Crippen LogP contribution in [0, 0.1) is 13.8 Å². The zero-order chi connectivity index (χ0) is 31.4. The van der Waals surface area contributed by atoms with Gasteiger partial charge in [0, 0.05) is 34.6 Å². The molecule has 5 aromatic rings. The second-order valence-corrected chi connectivity index (χ2v) is 11.0. The van der Waals surface area contributed by atoms with E-state index in [1.807, 2.05) is 62.4 Å². The fourth-order valence-electron chi connectivity index (χ4n) is 5.22. The van der Waals surface area contributed by atoms with Crippen LogP contribution in [-0.2, 0) is 17.4 Å². The molecule has 0 aliphatic carbocycles. The minimum absolute atomic E-state index is 0.0580. The number of ether oxygens (including phenoxy) is 1. The number of fused-ring (bicyclic) bond motifs is 1. The maximum atomic E-state index is 13.5. The number of halogens is 4. The van der Waals surface area contributed by atoms with Crippen molar-refractivity contribution in [1.29, 1.82) is 0 Å². The molecule has 5 nitrogen and oxygen atoms in total. The largest absolute Gasteiger partial charge is 0.486 e. The Morgan fingerprint density at radius 3 is 2.25 bits per heavy atom. The highest BCUT2D eigenvalue weighted by atomic mass is 35.5. The Morgan fingerprint density at radius 2 is 1.59 bits per heavy atom. The lowest BCUT2D eigenvalue weighted by Crippen LogP contribution is -2.28. The molecule has 226 valence electrons. The van der Waals surface area contributed by atoms with Crippen LogP contribution in [-0.4, -0.2) is 22.9 Å². The summed E-state index contributed by atoms with van der Waals surface area (Å²) in [6.45, 7) is 4.05. The van der Waals surface area contributed by atoms with Gasteiger partial charge in [0.05, 0.1) is 17.5 Å². The number of nitrogens with zero attached hydrogens (tertiary/aromatic N) is 1. The van der Waals surface area contributed by atoms with Crippen LogP contribution >= 0.6 is 11.6 Å². The molecular weight excluding hydrogens is 589 g/mol. The first-order chi connectivity index (χ1) is 21.0. The molecular formula is C35H30ClF3N2O3. The van der Waals surface area contributed by atoms with Gasteiger partial charge in [-0.15, -0.1) is 0 Å². The second kappa shape index (κ2) is 13.0. The first-order valence-corrected chi connectivity index (χ1v) is 14.5. The molecule has 1 aromatic heterocycles. The summed E-state index contributed by atoms with van der Waals surface area (Å²) >= 11 is 6.02. The van der Waals surface area contributed by atoms with Gasteiger partial charge >= 0.3 is 6.18 Å². The van der Waals surface area contributed by atoms with Crippen LogP contribution in [0.3, 0.4) is 0 Å². The van der Waals surface area contributed by atoms with Crippen molar-refractivity contribution in [2.24, 2.45) is 0 Å². The number of carbonyl (C=O) groups is 2. The minimum atomic E-state index is -4.44. The third-order valence-corrected chi connectivity index (χ3v) is 7.73. The minimum Gasteiger partial charge on any atom is -0.486 e. The summed E-state index contributed by atoms with van der Waals surface area (Å²) in [6.07, 6.45) is -4.50. The highest BCUT2D eigenvalue weighted by Crippen LogP contribution is 2.32. The fourth-order valence-corrected chi connectivity index (χ4v) is 5.34. The normalized spacial score (nSPS) is 12.2. The molecule has 9 heteroatoms. The molecule has 0 saturated heterocycles. The number of hydrogen-bond acceptors (Lipinski definition) is 3. The van der Waals surface area contributed by atoms with Gasteiger partial charge in [0.15, 0.2) is 0 Å². The third kappa shape index (κ3) is 6.97. The molecule has 4 aromatic carbocycles.